The number of rotatable bonds is 10. The number of anilines is 1. The zero-order valence-electron chi connectivity index (χ0n) is 23.0. The standard InChI is InChI=1S/C30H33N3O6S/c1-5-38-30(36)26-23-15-10-18(2)16-25(23)40-29(26)32-28(35)20-11-13-22(14-12-20)39-19(3)27(34)33-31-17-21-8-6-7-9-24(21)37-4/h6-9,11-14,17-19H,5,10,15-16H2,1-4H3,(H,32,35)(H,33,34)/b31-17+. The van der Waals surface area contributed by atoms with E-state index in [9.17, 15) is 14.4 Å². The van der Waals surface area contributed by atoms with Crippen LogP contribution in [0.1, 0.15) is 63.9 Å². The first-order valence-corrected chi connectivity index (χ1v) is 14.0. The molecule has 1 aliphatic rings. The molecule has 0 saturated carbocycles. The highest BCUT2D eigenvalue weighted by Crippen LogP contribution is 2.40. The van der Waals surface area contributed by atoms with Gasteiger partial charge in [0.2, 0.25) is 0 Å². The summed E-state index contributed by atoms with van der Waals surface area (Å²) in [7, 11) is 1.56. The third-order valence-corrected chi connectivity index (χ3v) is 7.70. The number of hydrogen-bond donors (Lipinski definition) is 2. The van der Waals surface area contributed by atoms with E-state index in [1.165, 1.54) is 17.6 Å². The number of hydrogen-bond acceptors (Lipinski definition) is 8. The summed E-state index contributed by atoms with van der Waals surface area (Å²) in [4.78, 5) is 39.3. The van der Waals surface area contributed by atoms with E-state index in [1.807, 2.05) is 18.2 Å². The summed E-state index contributed by atoms with van der Waals surface area (Å²) < 4.78 is 16.3. The average molecular weight is 564 g/mol. The maximum absolute atomic E-state index is 13.1. The third kappa shape index (κ3) is 6.87. The quantitative estimate of drug-likeness (QED) is 0.198. The maximum atomic E-state index is 13.1. The Hall–Kier alpha value is -4.18. The zero-order chi connectivity index (χ0) is 28.6. The molecule has 2 unspecified atom stereocenters. The van der Waals surface area contributed by atoms with Crippen molar-refractivity contribution in [2.24, 2.45) is 11.0 Å². The van der Waals surface area contributed by atoms with Crippen LogP contribution in [-0.4, -0.2) is 43.8 Å². The number of benzene rings is 2. The number of hydrazone groups is 1. The van der Waals surface area contributed by atoms with Gasteiger partial charge in [0.25, 0.3) is 11.8 Å². The molecule has 2 aromatic carbocycles. The third-order valence-electron chi connectivity index (χ3n) is 6.53. The number of para-hydroxylation sites is 1. The number of nitrogens with one attached hydrogen (secondary N) is 2. The van der Waals surface area contributed by atoms with Crippen molar-refractivity contribution >= 4 is 40.3 Å². The van der Waals surface area contributed by atoms with Crippen LogP contribution < -0.4 is 20.2 Å². The molecule has 0 radical (unpaired) electrons. The van der Waals surface area contributed by atoms with Gasteiger partial charge < -0.3 is 19.5 Å². The van der Waals surface area contributed by atoms with Gasteiger partial charge in [-0.15, -0.1) is 11.3 Å². The summed E-state index contributed by atoms with van der Waals surface area (Å²) >= 11 is 1.44. The second-order valence-electron chi connectivity index (χ2n) is 9.49. The van der Waals surface area contributed by atoms with Gasteiger partial charge in [-0.25, -0.2) is 10.2 Å². The van der Waals surface area contributed by atoms with Crippen LogP contribution in [0, 0.1) is 5.92 Å². The van der Waals surface area contributed by atoms with Crippen molar-refractivity contribution in [2.45, 2.75) is 46.1 Å². The first kappa shape index (κ1) is 28.8. The number of carbonyl (C=O) groups is 3. The SMILES string of the molecule is CCOC(=O)c1c(NC(=O)c2ccc(OC(C)C(=O)N/N=C/c3ccccc3OC)cc2)sc2c1CCC(C)C2. The minimum absolute atomic E-state index is 0.263. The fraction of sp³-hybridized carbons (Fsp3) is 0.333. The van der Waals surface area contributed by atoms with Crippen molar-refractivity contribution in [3.05, 3.63) is 75.7 Å². The second-order valence-corrected chi connectivity index (χ2v) is 10.6. The van der Waals surface area contributed by atoms with Gasteiger partial charge in [-0.2, -0.15) is 5.10 Å². The zero-order valence-corrected chi connectivity index (χ0v) is 23.8. The molecule has 1 aliphatic carbocycles. The summed E-state index contributed by atoms with van der Waals surface area (Å²) in [6.07, 6.45) is 3.33. The Kier molecular flexibility index (Phi) is 9.55. The fourth-order valence-corrected chi connectivity index (χ4v) is 5.80. The molecule has 0 bridgehead atoms. The van der Waals surface area contributed by atoms with Crippen molar-refractivity contribution < 1.29 is 28.6 Å². The maximum Gasteiger partial charge on any atom is 0.341 e. The molecule has 4 rings (SSSR count). The van der Waals surface area contributed by atoms with E-state index >= 15 is 0 Å². The van der Waals surface area contributed by atoms with E-state index in [-0.39, 0.29) is 12.5 Å². The second kappa shape index (κ2) is 13.3. The predicted octanol–water partition coefficient (Wildman–Crippen LogP) is 5.23. The van der Waals surface area contributed by atoms with Crippen molar-refractivity contribution in [2.75, 3.05) is 19.0 Å². The van der Waals surface area contributed by atoms with Crippen LogP contribution in [-0.2, 0) is 22.4 Å². The average Bonchev–Trinajstić information content (AvgIpc) is 3.30. The minimum Gasteiger partial charge on any atom is -0.496 e. The van der Waals surface area contributed by atoms with E-state index in [4.69, 9.17) is 14.2 Å². The molecule has 0 fully saturated rings. The number of carbonyl (C=O) groups excluding carboxylic acids is 3. The van der Waals surface area contributed by atoms with Crippen LogP contribution in [0.2, 0.25) is 0 Å². The van der Waals surface area contributed by atoms with Crippen LogP contribution in [0.3, 0.4) is 0 Å². The predicted molar refractivity (Wildman–Crippen MR) is 155 cm³/mol. The van der Waals surface area contributed by atoms with E-state index in [2.05, 4.69) is 22.8 Å². The van der Waals surface area contributed by atoms with Crippen LogP contribution in [0.5, 0.6) is 11.5 Å². The van der Waals surface area contributed by atoms with Gasteiger partial charge in [0.1, 0.15) is 16.5 Å². The monoisotopic (exact) mass is 563 g/mol. The Morgan fingerprint density at radius 2 is 1.90 bits per heavy atom. The Morgan fingerprint density at radius 3 is 2.62 bits per heavy atom. The lowest BCUT2D eigenvalue weighted by Crippen LogP contribution is -2.33. The highest BCUT2D eigenvalue weighted by molar-refractivity contribution is 7.17. The van der Waals surface area contributed by atoms with Gasteiger partial charge in [-0.05, 0) is 81.0 Å². The number of thiophene rings is 1. The molecular weight excluding hydrogens is 530 g/mol. The lowest BCUT2D eigenvalue weighted by Gasteiger charge is -2.18. The summed E-state index contributed by atoms with van der Waals surface area (Å²) in [6, 6.07) is 13.7. The first-order valence-electron chi connectivity index (χ1n) is 13.2. The van der Waals surface area contributed by atoms with Crippen LogP contribution in [0.15, 0.2) is 53.6 Å². The van der Waals surface area contributed by atoms with Crippen LogP contribution in [0.4, 0.5) is 5.00 Å². The van der Waals surface area contributed by atoms with E-state index in [0.717, 1.165) is 35.3 Å². The molecule has 40 heavy (non-hydrogen) atoms. The smallest absolute Gasteiger partial charge is 0.341 e. The molecule has 0 aliphatic heterocycles. The van der Waals surface area contributed by atoms with Gasteiger partial charge in [0.15, 0.2) is 6.10 Å². The van der Waals surface area contributed by atoms with Gasteiger partial charge in [0.05, 0.1) is 25.5 Å². The number of fused-ring (bicyclic) bond motifs is 1. The van der Waals surface area contributed by atoms with Crippen molar-refractivity contribution in [1.82, 2.24) is 5.43 Å². The highest BCUT2D eigenvalue weighted by atomic mass is 32.1. The molecule has 10 heteroatoms. The normalized spacial score (nSPS) is 15.2. The molecule has 3 aromatic rings. The Balaban J connectivity index is 1.37. The topological polar surface area (TPSA) is 115 Å². The van der Waals surface area contributed by atoms with Crippen LogP contribution in [0.25, 0.3) is 0 Å². The Bertz CT molecular complexity index is 1400. The van der Waals surface area contributed by atoms with E-state index < -0.39 is 18.0 Å². The minimum atomic E-state index is -0.832. The Morgan fingerprint density at radius 1 is 1.15 bits per heavy atom. The van der Waals surface area contributed by atoms with Gasteiger partial charge >= 0.3 is 5.97 Å². The summed E-state index contributed by atoms with van der Waals surface area (Å²) in [5.41, 5.74) is 5.02. The molecule has 1 aromatic heterocycles. The van der Waals surface area contributed by atoms with Crippen molar-refractivity contribution in [3.8, 4) is 11.5 Å². The number of esters is 1. The Labute approximate surface area is 237 Å². The lowest BCUT2D eigenvalue weighted by atomic mass is 9.88. The lowest BCUT2D eigenvalue weighted by molar-refractivity contribution is -0.127. The number of ether oxygens (including phenoxy) is 3. The summed E-state index contributed by atoms with van der Waals surface area (Å²) in [6.45, 7) is 5.82. The molecule has 0 spiro atoms. The molecular formula is C30H33N3O6S. The van der Waals surface area contributed by atoms with Crippen molar-refractivity contribution in [1.29, 1.82) is 0 Å². The fourth-order valence-electron chi connectivity index (χ4n) is 4.41. The van der Waals surface area contributed by atoms with Crippen LogP contribution >= 0.6 is 11.3 Å². The van der Waals surface area contributed by atoms with E-state index in [0.29, 0.717) is 33.5 Å². The molecule has 2 atom stereocenters. The number of methoxy groups -OCH3 is 1. The van der Waals surface area contributed by atoms with Gasteiger partial charge in [-0.3, -0.25) is 9.59 Å². The van der Waals surface area contributed by atoms with Crippen molar-refractivity contribution in [3.63, 3.8) is 0 Å². The molecule has 0 saturated heterocycles. The number of amides is 2. The molecule has 210 valence electrons. The molecule has 2 amide bonds. The molecule has 9 nitrogen and oxygen atoms in total. The van der Waals surface area contributed by atoms with Gasteiger partial charge in [-0.1, -0.05) is 19.1 Å². The summed E-state index contributed by atoms with van der Waals surface area (Å²) in [5, 5.41) is 7.41. The first-order chi connectivity index (χ1) is 19.3. The summed E-state index contributed by atoms with van der Waals surface area (Å²) in [5.74, 6) is 0.393. The number of nitrogens with zero attached hydrogens (tertiary/aromatic N) is 1. The van der Waals surface area contributed by atoms with Gasteiger partial charge in [0, 0.05) is 16.0 Å². The largest absolute Gasteiger partial charge is 0.496 e. The molecule has 2 N–H and O–H groups in total. The highest BCUT2D eigenvalue weighted by Gasteiger charge is 2.29. The molecule has 1 heterocycles. The van der Waals surface area contributed by atoms with E-state index in [1.54, 1.807) is 51.3 Å².